The number of carbonyl (C=O) groups excluding carboxylic acids is 2. The Labute approximate surface area is 186 Å². The monoisotopic (exact) mass is 471 g/mol. The number of carbonyl (C=O) groups is 2. The number of rotatable bonds is 6. The number of imidazole rings is 1. The van der Waals surface area contributed by atoms with Crippen LogP contribution in [0.15, 0.2) is 6.33 Å². The van der Waals surface area contributed by atoms with Gasteiger partial charge in [-0.1, -0.05) is 0 Å². The third-order valence-electron chi connectivity index (χ3n) is 5.61. The van der Waals surface area contributed by atoms with Gasteiger partial charge in [0.05, 0.1) is 25.7 Å². The molecule has 33 heavy (non-hydrogen) atoms. The van der Waals surface area contributed by atoms with E-state index in [4.69, 9.17) is 9.47 Å². The lowest BCUT2D eigenvalue weighted by Crippen LogP contribution is -2.58. The number of aryl methyl sites for hydroxylation is 1. The minimum Gasteiger partial charge on any atom is -0.471 e. The molecule has 3 amide bonds. The van der Waals surface area contributed by atoms with E-state index in [9.17, 15) is 22.8 Å². The predicted molar refractivity (Wildman–Crippen MR) is 108 cm³/mol. The Morgan fingerprint density at radius 1 is 1.18 bits per heavy atom. The van der Waals surface area contributed by atoms with Crippen molar-refractivity contribution in [1.29, 1.82) is 0 Å². The summed E-state index contributed by atoms with van der Waals surface area (Å²) in [6.45, 7) is 2.48. The Bertz CT molecular complexity index is 1040. The van der Waals surface area contributed by atoms with Gasteiger partial charge in [0.25, 0.3) is 5.91 Å². The lowest BCUT2D eigenvalue weighted by atomic mass is 10.2. The Balaban J connectivity index is 1.47. The second kappa shape index (κ2) is 9.00. The zero-order valence-corrected chi connectivity index (χ0v) is 18.1. The summed E-state index contributed by atoms with van der Waals surface area (Å²) in [5.74, 6) is -1.07. The van der Waals surface area contributed by atoms with E-state index in [1.807, 2.05) is 5.32 Å². The van der Waals surface area contributed by atoms with E-state index >= 15 is 0 Å². The van der Waals surface area contributed by atoms with Crippen molar-refractivity contribution in [3.63, 3.8) is 0 Å². The summed E-state index contributed by atoms with van der Waals surface area (Å²) >= 11 is 0. The van der Waals surface area contributed by atoms with Crippen molar-refractivity contribution in [3.05, 3.63) is 12.2 Å². The molecule has 0 aliphatic carbocycles. The Hall–Kier alpha value is -3.16. The number of urea groups is 1. The Kier molecular flexibility index (Phi) is 6.28. The Morgan fingerprint density at radius 3 is 2.58 bits per heavy atom. The lowest BCUT2D eigenvalue weighted by Gasteiger charge is -2.40. The third kappa shape index (κ3) is 4.79. The zero-order chi connectivity index (χ0) is 23.8. The molecule has 0 saturated carbocycles. The van der Waals surface area contributed by atoms with Crippen molar-refractivity contribution in [3.8, 4) is 5.88 Å². The summed E-state index contributed by atoms with van der Waals surface area (Å²) in [6, 6.07) is -0.0823. The summed E-state index contributed by atoms with van der Waals surface area (Å²) in [5.41, 5.74) is 0.448. The van der Waals surface area contributed by atoms with Crippen LogP contribution < -0.4 is 10.1 Å². The summed E-state index contributed by atoms with van der Waals surface area (Å²) in [4.78, 5) is 40.7. The molecule has 2 aliphatic heterocycles. The molecule has 1 N–H and O–H groups in total. The number of hydrogen-bond acceptors (Lipinski definition) is 7. The molecule has 2 saturated heterocycles. The van der Waals surface area contributed by atoms with Crippen molar-refractivity contribution in [2.45, 2.75) is 38.3 Å². The van der Waals surface area contributed by atoms with Gasteiger partial charge in [-0.3, -0.25) is 4.79 Å². The summed E-state index contributed by atoms with van der Waals surface area (Å²) in [7, 11) is 1.61. The molecular formula is C19H24F3N7O4. The predicted octanol–water partition coefficient (Wildman–Crippen LogP) is 1.04. The number of hydrogen-bond donors (Lipinski definition) is 1. The number of fused-ring (bicyclic) bond motifs is 1. The van der Waals surface area contributed by atoms with Gasteiger partial charge in [-0.2, -0.15) is 18.2 Å². The fraction of sp³-hybridized carbons (Fsp3) is 0.632. The van der Waals surface area contributed by atoms with E-state index in [1.54, 1.807) is 23.8 Å². The van der Waals surface area contributed by atoms with Crippen LogP contribution in [-0.4, -0.2) is 99.5 Å². The molecule has 0 radical (unpaired) electrons. The fourth-order valence-corrected chi connectivity index (χ4v) is 3.83. The van der Waals surface area contributed by atoms with Gasteiger partial charge in [0.2, 0.25) is 11.7 Å². The first-order valence-electron chi connectivity index (χ1n) is 10.5. The molecule has 0 bridgehead atoms. The number of aromatic nitrogens is 4. The maximum absolute atomic E-state index is 12.6. The van der Waals surface area contributed by atoms with Gasteiger partial charge in [0.15, 0.2) is 11.2 Å². The highest BCUT2D eigenvalue weighted by Crippen LogP contribution is 2.26. The first-order chi connectivity index (χ1) is 15.7. The minimum atomic E-state index is -4.54. The number of amides is 3. The highest BCUT2D eigenvalue weighted by atomic mass is 19.4. The van der Waals surface area contributed by atoms with E-state index < -0.39 is 18.6 Å². The molecule has 0 spiro atoms. The zero-order valence-electron chi connectivity index (χ0n) is 18.1. The van der Waals surface area contributed by atoms with Crippen molar-refractivity contribution in [2.75, 3.05) is 39.8 Å². The molecule has 0 aromatic carbocycles. The average molecular weight is 471 g/mol. The molecule has 180 valence electrons. The number of halogens is 3. The third-order valence-corrected chi connectivity index (χ3v) is 5.61. The molecule has 0 unspecified atom stereocenters. The van der Waals surface area contributed by atoms with E-state index in [-0.39, 0.29) is 47.7 Å². The van der Waals surface area contributed by atoms with Crippen LogP contribution in [0.4, 0.5) is 18.0 Å². The van der Waals surface area contributed by atoms with Crippen LogP contribution in [0, 0.1) is 0 Å². The van der Waals surface area contributed by atoms with Gasteiger partial charge in [-0.25, -0.2) is 14.8 Å². The molecule has 4 heterocycles. The van der Waals surface area contributed by atoms with Crippen molar-refractivity contribution in [2.24, 2.45) is 0 Å². The second-order valence-corrected chi connectivity index (χ2v) is 7.85. The number of nitrogens with zero attached hydrogens (tertiary/aromatic N) is 6. The topological polar surface area (TPSA) is 115 Å². The van der Waals surface area contributed by atoms with Gasteiger partial charge < -0.3 is 29.2 Å². The molecule has 2 aromatic rings. The van der Waals surface area contributed by atoms with E-state index in [1.165, 1.54) is 10.9 Å². The number of nitrogens with one attached hydrogen (secondary N) is 1. The van der Waals surface area contributed by atoms with E-state index in [2.05, 4.69) is 15.0 Å². The van der Waals surface area contributed by atoms with E-state index in [0.29, 0.717) is 32.6 Å². The molecule has 4 rings (SSSR count). The number of alkyl halides is 3. The fourth-order valence-electron chi connectivity index (χ4n) is 3.83. The molecule has 14 heteroatoms. The van der Waals surface area contributed by atoms with Crippen LogP contribution >= 0.6 is 0 Å². The van der Waals surface area contributed by atoms with Crippen molar-refractivity contribution in [1.82, 2.24) is 34.6 Å². The van der Waals surface area contributed by atoms with Gasteiger partial charge in [-0.15, -0.1) is 0 Å². The highest BCUT2D eigenvalue weighted by Gasteiger charge is 2.37. The van der Waals surface area contributed by atoms with Crippen LogP contribution in [-0.2, 0) is 11.3 Å². The molecule has 2 aliphatic rings. The molecule has 1 atom stereocenters. The minimum absolute atomic E-state index is 0.0640. The lowest BCUT2D eigenvalue weighted by molar-refractivity contribution is -0.123. The molecule has 11 nitrogen and oxygen atoms in total. The second-order valence-electron chi connectivity index (χ2n) is 7.85. The van der Waals surface area contributed by atoms with Gasteiger partial charge >= 0.3 is 12.2 Å². The van der Waals surface area contributed by atoms with Crippen LogP contribution in [0.2, 0.25) is 0 Å². The smallest absolute Gasteiger partial charge is 0.405 e. The van der Waals surface area contributed by atoms with Crippen LogP contribution in [0.1, 0.15) is 24.0 Å². The maximum atomic E-state index is 12.6. The number of methoxy groups -OCH3 is 1. The summed E-state index contributed by atoms with van der Waals surface area (Å²) in [6.07, 6.45) is -3.01. The first kappa shape index (κ1) is 23.0. The van der Waals surface area contributed by atoms with Crippen molar-refractivity contribution < 1.29 is 32.2 Å². The van der Waals surface area contributed by atoms with E-state index in [0.717, 1.165) is 0 Å². The van der Waals surface area contributed by atoms with Crippen molar-refractivity contribution >= 4 is 23.1 Å². The normalized spacial score (nSPS) is 19.1. The number of likely N-dealkylation sites (tertiary alicyclic amines) is 2. The molecular weight excluding hydrogens is 447 g/mol. The van der Waals surface area contributed by atoms with Gasteiger partial charge in [0, 0.05) is 26.6 Å². The maximum Gasteiger partial charge on any atom is 0.405 e. The van der Waals surface area contributed by atoms with Gasteiger partial charge in [-0.05, 0) is 6.92 Å². The largest absolute Gasteiger partial charge is 0.471 e. The SMILES string of the molecule is CCn1c(C(=O)NCC(F)(F)F)nc2c(O[C@H]3CCN(C(=O)N4CC(OC)C4)C3)ncnc21. The average Bonchev–Trinajstić information content (AvgIpc) is 3.35. The van der Waals surface area contributed by atoms with Crippen LogP contribution in [0.5, 0.6) is 5.88 Å². The van der Waals surface area contributed by atoms with Crippen LogP contribution in [0.3, 0.4) is 0 Å². The molecule has 2 aromatic heterocycles. The van der Waals surface area contributed by atoms with Gasteiger partial charge in [0.1, 0.15) is 19.0 Å². The summed E-state index contributed by atoms with van der Waals surface area (Å²) < 4.78 is 50.0. The van der Waals surface area contributed by atoms with Crippen LogP contribution in [0.25, 0.3) is 11.2 Å². The standard InChI is InChI=1S/C19H24F3N7O4/c1-3-29-14-13(26-15(29)16(30)23-9-19(20,21)22)17(25-10-24-14)33-11-4-5-27(6-11)18(31)28-7-12(8-28)32-2/h10-12H,3-9H2,1-2H3,(H,23,30)/t11-/m0/s1. The first-order valence-corrected chi connectivity index (χ1v) is 10.5. The molecule has 2 fully saturated rings. The quantitative estimate of drug-likeness (QED) is 0.670. The Morgan fingerprint density at radius 2 is 1.91 bits per heavy atom. The summed E-state index contributed by atoms with van der Waals surface area (Å²) in [5, 5.41) is 1.82. The number of ether oxygens (including phenoxy) is 2. The highest BCUT2D eigenvalue weighted by molar-refractivity contribution is 5.95.